The number of hydrogen-bond acceptors (Lipinski definition) is 4. The van der Waals surface area contributed by atoms with Crippen LogP contribution in [0, 0.1) is 0 Å². The van der Waals surface area contributed by atoms with Crippen molar-refractivity contribution in [1.29, 1.82) is 0 Å². The Kier molecular flexibility index (Phi) is 8.77. The fraction of sp³-hybridized carbons (Fsp3) is 0.387. The first-order chi connectivity index (χ1) is 18.3. The molecule has 0 amide bonds. The molecule has 0 N–H and O–H groups in total. The zero-order valence-electron chi connectivity index (χ0n) is 22.0. The summed E-state index contributed by atoms with van der Waals surface area (Å²) in [6, 6.07) is 23.2. The third-order valence-corrected chi connectivity index (χ3v) is 7.73. The van der Waals surface area contributed by atoms with Gasteiger partial charge >= 0.3 is 12.1 Å². The van der Waals surface area contributed by atoms with Crippen LogP contribution in [-0.4, -0.2) is 50.7 Å². The Hall–Kier alpha value is -3.32. The van der Waals surface area contributed by atoms with Crippen LogP contribution < -0.4 is 4.90 Å². The first-order valence-corrected chi connectivity index (χ1v) is 13.2. The molecule has 0 bridgehead atoms. The van der Waals surface area contributed by atoms with Gasteiger partial charge in [-0.05, 0) is 66.8 Å². The summed E-state index contributed by atoms with van der Waals surface area (Å²) in [7, 11) is 1.46. The van der Waals surface area contributed by atoms with Gasteiger partial charge in [0.05, 0.1) is 18.1 Å². The van der Waals surface area contributed by atoms with E-state index in [2.05, 4.69) is 9.80 Å². The molecule has 3 aromatic carbocycles. The number of ether oxygens (including phenoxy) is 1. The van der Waals surface area contributed by atoms with Gasteiger partial charge in [-0.2, -0.15) is 13.2 Å². The Morgan fingerprint density at radius 2 is 1.39 bits per heavy atom. The number of esters is 1. The number of methoxy groups -OCH3 is 1. The molecule has 0 radical (unpaired) electrons. The predicted octanol–water partition coefficient (Wildman–Crippen LogP) is 6.80. The van der Waals surface area contributed by atoms with Crippen LogP contribution in [0.1, 0.15) is 37.3 Å². The van der Waals surface area contributed by atoms with Gasteiger partial charge in [0.15, 0.2) is 0 Å². The number of benzene rings is 3. The van der Waals surface area contributed by atoms with Gasteiger partial charge in [0, 0.05) is 31.9 Å². The zero-order valence-corrected chi connectivity index (χ0v) is 22.0. The van der Waals surface area contributed by atoms with Crippen LogP contribution in [-0.2, 0) is 21.1 Å². The molecule has 0 aromatic heterocycles. The number of rotatable bonds is 9. The molecule has 4 nitrogen and oxygen atoms in total. The second-order valence-corrected chi connectivity index (χ2v) is 9.85. The molecule has 0 spiro atoms. The molecule has 202 valence electrons. The number of hydrogen-bond donors (Lipinski definition) is 0. The minimum Gasteiger partial charge on any atom is -0.468 e. The molecule has 1 aliphatic heterocycles. The molecule has 1 aliphatic rings. The standard InChI is InChI=1S/C31H35F3N2O2/c1-3-30(29(37)38-2,26-8-5-4-6-9-26)18-7-19-35-20-22-36(23-21-35)28-16-12-25(13-17-28)24-10-14-27(15-11-24)31(32,33)34/h4-6,8-17H,3,7,18-23H2,1-2H3. The normalized spacial score (nSPS) is 16.2. The van der Waals surface area contributed by atoms with Gasteiger partial charge in [0.1, 0.15) is 0 Å². The lowest BCUT2D eigenvalue weighted by molar-refractivity contribution is -0.148. The maximum atomic E-state index is 12.8. The van der Waals surface area contributed by atoms with Crippen molar-refractivity contribution in [1.82, 2.24) is 4.90 Å². The van der Waals surface area contributed by atoms with Gasteiger partial charge in [0.2, 0.25) is 0 Å². The molecule has 4 rings (SSSR count). The minimum absolute atomic E-state index is 0.171. The summed E-state index contributed by atoms with van der Waals surface area (Å²) in [5.74, 6) is -0.171. The average Bonchev–Trinajstić information content (AvgIpc) is 2.95. The number of anilines is 1. The highest BCUT2D eigenvalue weighted by Crippen LogP contribution is 2.35. The first-order valence-electron chi connectivity index (χ1n) is 13.2. The van der Waals surface area contributed by atoms with Crippen molar-refractivity contribution in [3.05, 3.63) is 90.0 Å². The fourth-order valence-electron chi connectivity index (χ4n) is 5.39. The Bertz CT molecular complexity index is 1170. The molecule has 1 heterocycles. The van der Waals surface area contributed by atoms with E-state index >= 15 is 0 Å². The fourth-order valence-corrected chi connectivity index (χ4v) is 5.39. The van der Waals surface area contributed by atoms with E-state index in [0.29, 0.717) is 6.42 Å². The molecule has 1 saturated heterocycles. The Labute approximate surface area is 223 Å². The van der Waals surface area contributed by atoms with E-state index in [1.807, 2.05) is 61.5 Å². The SMILES string of the molecule is CCC(CCCN1CCN(c2ccc(-c3ccc(C(F)(F)F)cc3)cc2)CC1)(C(=O)OC)c1ccccc1. The van der Waals surface area contributed by atoms with Crippen molar-refractivity contribution in [3.63, 3.8) is 0 Å². The summed E-state index contributed by atoms with van der Waals surface area (Å²) >= 11 is 0. The van der Waals surface area contributed by atoms with Crippen LogP contribution in [0.15, 0.2) is 78.9 Å². The Morgan fingerprint density at radius 3 is 1.92 bits per heavy atom. The summed E-state index contributed by atoms with van der Waals surface area (Å²) in [4.78, 5) is 17.6. The molecule has 3 aromatic rings. The summed E-state index contributed by atoms with van der Waals surface area (Å²) in [5.41, 5.74) is 2.53. The molecule has 1 unspecified atom stereocenters. The molecule has 1 atom stereocenters. The van der Waals surface area contributed by atoms with Crippen molar-refractivity contribution >= 4 is 11.7 Å². The minimum atomic E-state index is -4.33. The number of halogens is 3. The topological polar surface area (TPSA) is 32.8 Å². The lowest BCUT2D eigenvalue weighted by atomic mass is 9.74. The number of alkyl halides is 3. The highest BCUT2D eigenvalue weighted by Gasteiger charge is 2.39. The van der Waals surface area contributed by atoms with Crippen molar-refractivity contribution in [3.8, 4) is 11.1 Å². The van der Waals surface area contributed by atoms with Gasteiger partial charge < -0.3 is 9.64 Å². The maximum Gasteiger partial charge on any atom is 0.416 e. The summed E-state index contributed by atoms with van der Waals surface area (Å²) < 4.78 is 43.7. The van der Waals surface area contributed by atoms with Crippen molar-refractivity contribution < 1.29 is 22.7 Å². The molecule has 1 fully saturated rings. The Morgan fingerprint density at radius 1 is 0.816 bits per heavy atom. The van der Waals surface area contributed by atoms with Crippen LogP contribution >= 0.6 is 0 Å². The largest absolute Gasteiger partial charge is 0.468 e. The van der Waals surface area contributed by atoms with E-state index in [4.69, 9.17) is 4.74 Å². The first kappa shape index (κ1) is 27.7. The van der Waals surface area contributed by atoms with Crippen molar-refractivity contribution in [2.24, 2.45) is 0 Å². The van der Waals surface area contributed by atoms with E-state index in [9.17, 15) is 18.0 Å². The maximum absolute atomic E-state index is 12.8. The number of nitrogens with zero attached hydrogens (tertiary/aromatic N) is 2. The highest BCUT2D eigenvalue weighted by atomic mass is 19.4. The van der Waals surface area contributed by atoms with E-state index < -0.39 is 17.2 Å². The van der Waals surface area contributed by atoms with Crippen LogP contribution in [0.2, 0.25) is 0 Å². The lowest BCUT2D eigenvalue weighted by Gasteiger charge is -2.37. The third kappa shape index (κ3) is 6.21. The lowest BCUT2D eigenvalue weighted by Crippen LogP contribution is -2.47. The number of carbonyl (C=O) groups is 1. The van der Waals surface area contributed by atoms with Crippen LogP contribution in [0.3, 0.4) is 0 Å². The van der Waals surface area contributed by atoms with Crippen LogP contribution in [0.25, 0.3) is 11.1 Å². The molecule has 0 aliphatic carbocycles. The average molecular weight is 525 g/mol. The zero-order chi connectivity index (χ0) is 27.2. The molecule has 7 heteroatoms. The third-order valence-electron chi connectivity index (χ3n) is 7.73. The summed E-state index contributed by atoms with van der Waals surface area (Å²) in [6.45, 7) is 6.63. The molecular weight excluding hydrogens is 489 g/mol. The summed E-state index contributed by atoms with van der Waals surface area (Å²) in [5, 5.41) is 0. The van der Waals surface area contributed by atoms with E-state index in [0.717, 1.165) is 80.1 Å². The molecule has 38 heavy (non-hydrogen) atoms. The summed E-state index contributed by atoms with van der Waals surface area (Å²) in [6.07, 6.45) is -1.99. The Balaban J connectivity index is 1.30. The highest BCUT2D eigenvalue weighted by molar-refractivity contribution is 5.83. The molecular formula is C31H35F3N2O2. The van der Waals surface area contributed by atoms with E-state index in [-0.39, 0.29) is 5.97 Å². The monoisotopic (exact) mass is 524 g/mol. The second-order valence-electron chi connectivity index (χ2n) is 9.85. The predicted molar refractivity (Wildman–Crippen MR) is 145 cm³/mol. The quantitative estimate of drug-likeness (QED) is 0.289. The van der Waals surface area contributed by atoms with E-state index in [1.165, 1.54) is 19.2 Å². The number of piperazine rings is 1. The smallest absolute Gasteiger partial charge is 0.416 e. The van der Waals surface area contributed by atoms with E-state index in [1.54, 1.807) is 0 Å². The van der Waals surface area contributed by atoms with Crippen LogP contribution in [0.5, 0.6) is 0 Å². The van der Waals surface area contributed by atoms with Gasteiger partial charge in [0.25, 0.3) is 0 Å². The van der Waals surface area contributed by atoms with Crippen LogP contribution in [0.4, 0.5) is 18.9 Å². The van der Waals surface area contributed by atoms with Gasteiger partial charge in [-0.3, -0.25) is 9.69 Å². The molecule has 0 saturated carbocycles. The van der Waals surface area contributed by atoms with Gasteiger partial charge in [-0.15, -0.1) is 0 Å². The second kappa shape index (κ2) is 12.0. The van der Waals surface area contributed by atoms with Crippen molar-refractivity contribution in [2.75, 3.05) is 44.7 Å². The van der Waals surface area contributed by atoms with Gasteiger partial charge in [-0.1, -0.05) is 61.5 Å². The van der Waals surface area contributed by atoms with Crippen molar-refractivity contribution in [2.45, 2.75) is 37.8 Å². The van der Waals surface area contributed by atoms with Gasteiger partial charge in [-0.25, -0.2) is 0 Å². The number of carbonyl (C=O) groups excluding carboxylic acids is 1.